The van der Waals surface area contributed by atoms with Crippen molar-refractivity contribution in [2.75, 3.05) is 5.32 Å². The zero-order chi connectivity index (χ0) is 14.0. The van der Waals surface area contributed by atoms with E-state index >= 15 is 0 Å². The third kappa shape index (κ3) is 5.98. The highest BCUT2D eigenvalue weighted by Gasteiger charge is 2.09. The molecule has 2 rings (SSSR count). The molecule has 0 unspecified atom stereocenters. The molecule has 1 nitrogen and oxygen atoms in total. The maximum Gasteiger partial charge on any atom is 0.0342 e. The van der Waals surface area contributed by atoms with Gasteiger partial charge in [0, 0.05) is 11.7 Å². The zero-order valence-corrected chi connectivity index (χ0v) is 13.2. The first-order chi connectivity index (χ1) is 9.84. The van der Waals surface area contributed by atoms with Gasteiger partial charge in [0.15, 0.2) is 0 Å². The van der Waals surface area contributed by atoms with E-state index < -0.39 is 0 Å². The number of rotatable bonds is 2. The highest BCUT2D eigenvalue weighted by atomic mass is 14.9. The van der Waals surface area contributed by atoms with Crippen LogP contribution in [-0.4, -0.2) is 6.04 Å². The van der Waals surface area contributed by atoms with Crippen LogP contribution in [0.3, 0.4) is 0 Å². The Kier molecular flexibility index (Phi) is 6.97. The highest BCUT2D eigenvalue weighted by molar-refractivity contribution is 5.45. The van der Waals surface area contributed by atoms with Gasteiger partial charge in [-0.2, -0.15) is 0 Å². The predicted octanol–water partition coefficient (Wildman–Crippen LogP) is 6.08. The Labute approximate surface area is 125 Å². The van der Waals surface area contributed by atoms with Gasteiger partial charge >= 0.3 is 0 Å². The first-order valence-corrected chi connectivity index (χ1v) is 8.68. The van der Waals surface area contributed by atoms with E-state index in [9.17, 15) is 0 Å². The molecule has 0 radical (unpaired) electrons. The molecule has 0 aliphatic heterocycles. The fourth-order valence-electron chi connectivity index (χ4n) is 3.19. The van der Waals surface area contributed by atoms with Gasteiger partial charge < -0.3 is 5.32 Å². The summed E-state index contributed by atoms with van der Waals surface area (Å²) >= 11 is 0. The minimum Gasteiger partial charge on any atom is -0.382 e. The molecule has 0 saturated heterocycles. The Balaban J connectivity index is 1.83. The van der Waals surface area contributed by atoms with E-state index in [2.05, 4.69) is 36.5 Å². The SMILES string of the molecule is Cc1ccc(NC2CCCCCCCCCCC2)cc1. The maximum absolute atomic E-state index is 3.76. The third-order valence-corrected chi connectivity index (χ3v) is 4.53. The lowest BCUT2D eigenvalue weighted by atomic mass is 9.97. The number of hydrogen-bond donors (Lipinski definition) is 1. The molecule has 1 aliphatic carbocycles. The molecule has 0 bridgehead atoms. The average molecular weight is 273 g/mol. The van der Waals surface area contributed by atoms with Crippen molar-refractivity contribution in [3.05, 3.63) is 29.8 Å². The molecule has 1 N–H and O–H groups in total. The lowest BCUT2D eigenvalue weighted by Crippen LogP contribution is -2.19. The van der Waals surface area contributed by atoms with Gasteiger partial charge in [0.05, 0.1) is 0 Å². The van der Waals surface area contributed by atoms with Crippen LogP contribution in [0.1, 0.15) is 76.2 Å². The summed E-state index contributed by atoms with van der Waals surface area (Å²) in [5, 5.41) is 3.76. The van der Waals surface area contributed by atoms with Crippen LogP contribution in [0.2, 0.25) is 0 Å². The molecule has 1 aliphatic rings. The normalized spacial score (nSPS) is 19.9. The van der Waals surface area contributed by atoms with E-state index in [1.165, 1.54) is 81.9 Å². The number of benzene rings is 1. The molecule has 112 valence electrons. The lowest BCUT2D eigenvalue weighted by molar-refractivity contribution is 0.480. The largest absolute Gasteiger partial charge is 0.382 e. The highest BCUT2D eigenvalue weighted by Crippen LogP contribution is 2.20. The quantitative estimate of drug-likeness (QED) is 0.688. The number of aryl methyl sites for hydroxylation is 1. The minimum absolute atomic E-state index is 0.678. The van der Waals surface area contributed by atoms with Crippen LogP contribution in [0.25, 0.3) is 0 Å². The summed E-state index contributed by atoms with van der Waals surface area (Å²) < 4.78 is 0. The molecular weight excluding hydrogens is 242 g/mol. The number of nitrogens with one attached hydrogen (secondary N) is 1. The molecule has 0 amide bonds. The van der Waals surface area contributed by atoms with Gasteiger partial charge in [0.25, 0.3) is 0 Å². The monoisotopic (exact) mass is 273 g/mol. The molecule has 1 aromatic rings. The van der Waals surface area contributed by atoms with E-state index in [-0.39, 0.29) is 0 Å². The van der Waals surface area contributed by atoms with Crippen LogP contribution in [0.4, 0.5) is 5.69 Å². The molecule has 0 aromatic heterocycles. The Morgan fingerprint density at radius 3 is 1.65 bits per heavy atom. The standard InChI is InChI=1S/C19H31N/c1-17-13-15-19(16-14-17)20-18-11-9-7-5-3-2-4-6-8-10-12-18/h13-16,18,20H,2-12H2,1H3. The second kappa shape index (κ2) is 9.05. The Bertz CT molecular complexity index is 343. The molecule has 1 saturated carbocycles. The Hall–Kier alpha value is -0.980. The molecule has 1 fully saturated rings. The second-order valence-electron chi connectivity index (χ2n) is 6.47. The van der Waals surface area contributed by atoms with Gasteiger partial charge in [0.1, 0.15) is 0 Å². The third-order valence-electron chi connectivity index (χ3n) is 4.53. The fourth-order valence-corrected chi connectivity index (χ4v) is 3.19. The van der Waals surface area contributed by atoms with Crippen molar-refractivity contribution in [1.82, 2.24) is 0 Å². The van der Waals surface area contributed by atoms with Crippen LogP contribution < -0.4 is 5.32 Å². The van der Waals surface area contributed by atoms with Gasteiger partial charge in [-0.3, -0.25) is 0 Å². The summed E-state index contributed by atoms with van der Waals surface area (Å²) in [7, 11) is 0. The minimum atomic E-state index is 0.678. The summed E-state index contributed by atoms with van der Waals surface area (Å²) in [6, 6.07) is 9.55. The smallest absolute Gasteiger partial charge is 0.0342 e. The van der Waals surface area contributed by atoms with Crippen molar-refractivity contribution in [3.8, 4) is 0 Å². The van der Waals surface area contributed by atoms with Crippen LogP contribution in [0.15, 0.2) is 24.3 Å². The van der Waals surface area contributed by atoms with E-state index in [0.717, 1.165) is 0 Å². The molecule has 20 heavy (non-hydrogen) atoms. The summed E-state index contributed by atoms with van der Waals surface area (Å²) in [6.07, 6.45) is 15.6. The fraction of sp³-hybridized carbons (Fsp3) is 0.684. The van der Waals surface area contributed by atoms with Gasteiger partial charge in [0.2, 0.25) is 0 Å². The topological polar surface area (TPSA) is 12.0 Å². The van der Waals surface area contributed by atoms with Crippen molar-refractivity contribution in [2.24, 2.45) is 0 Å². The van der Waals surface area contributed by atoms with Crippen LogP contribution >= 0.6 is 0 Å². The molecule has 1 aromatic carbocycles. The predicted molar refractivity (Wildman–Crippen MR) is 89.4 cm³/mol. The van der Waals surface area contributed by atoms with Crippen LogP contribution in [0.5, 0.6) is 0 Å². The molecule has 0 spiro atoms. The van der Waals surface area contributed by atoms with Crippen molar-refractivity contribution in [3.63, 3.8) is 0 Å². The van der Waals surface area contributed by atoms with Crippen molar-refractivity contribution in [1.29, 1.82) is 0 Å². The molecule has 0 heterocycles. The van der Waals surface area contributed by atoms with Crippen molar-refractivity contribution in [2.45, 2.75) is 83.6 Å². The van der Waals surface area contributed by atoms with Crippen LogP contribution in [0, 0.1) is 6.92 Å². The Morgan fingerprint density at radius 1 is 0.700 bits per heavy atom. The Morgan fingerprint density at radius 2 is 1.15 bits per heavy atom. The summed E-state index contributed by atoms with van der Waals surface area (Å²) in [4.78, 5) is 0. The average Bonchev–Trinajstić information content (AvgIpc) is 2.44. The van der Waals surface area contributed by atoms with E-state index in [1.807, 2.05) is 0 Å². The lowest BCUT2D eigenvalue weighted by Gasteiger charge is -2.21. The summed E-state index contributed by atoms with van der Waals surface area (Å²) in [5.41, 5.74) is 2.64. The van der Waals surface area contributed by atoms with Gasteiger partial charge in [-0.05, 0) is 31.9 Å². The van der Waals surface area contributed by atoms with Crippen molar-refractivity contribution < 1.29 is 0 Å². The summed E-state index contributed by atoms with van der Waals surface area (Å²) in [5.74, 6) is 0. The molecule has 1 heteroatoms. The van der Waals surface area contributed by atoms with Crippen molar-refractivity contribution >= 4 is 5.69 Å². The summed E-state index contributed by atoms with van der Waals surface area (Å²) in [6.45, 7) is 2.15. The van der Waals surface area contributed by atoms with Gasteiger partial charge in [-0.25, -0.2) is 0 Å². The second-order valence-corrected chi connectivity index (χ2v) is 6.47. The van der Waals surface area contributed by atoms with E-state index in [0.29, 0.717) is 6.04 Å². The molecular formula is C19H31N. The van der Waals surface area contributed by atoms with Gasteiger partial charge in [-0.15, -0.1) is 0 Å². The van der Waals surface area contributed by atoms with E-state index in [1.54, 1.807) is 0 Å². The number of hydrogen-bond acceptors (Lipinski definition) is 1. The zero-order valence-electron chi connectivity index (χ0n) is 13.2. The number of anilines is 1. The van der Waals surface area contributed by atoms with Gasteiger partial charge in [-0.1, -0.05) is 75.5 Å². The molecule has 0 atom stereocenters. The first-order valence-electron chi connectivity index (χ1n) is 8.68. The van der Waals surface area contributed by atoms with E-state index in [4.69, 9.17) is 0 Å². The maximum atomic E-state index is 3.76. The van der Waals surface area contributed by atoms with Crippen LogP contribution in [-0.2, 0) is 0 Å². The first kappa shape index (κ1) is 15.4.